The Bertz CT molecular complexity index is 964. The molecule has 320 valence electrons. The quantitative estimate of drug-likeness (QED) is 0.219. The number of aliphatic hydroxyl groups excluding tert-OH is 1. The van der Waals surface area contributed by atoms with Gasteiger partial charge in [0.2, 0.25) is 0 Å². The molecule has 0 aliphatic carbocycles. The molecule has 0 aromatic heterocycles. The van der Waals surface area contributed by atoms with Gasteiger partial charge in [-0.3, -0.25) is 24.4 Å². The standard InChI is InChI=1S/C28H51N5O7.2C5H12O.CH4O/c1-27(2,3)39-25(37)24(8-7-21-34)33-17-15-31(19-22-35)13-11-30(12-14-32(16-18-33)20-23-36)10-9-29-26(38)40-28(4,5)6;2*1-5(2,3)6-4;1-2/h21-24H,7-20H2,1-6H3,(H,29,38);2*1-4H3;2H,1H3. The maximum atomic E-state index is 13.2. The van der Waals surface area contributed by atoms with Crippen molar-refractivity contribution in [1.82, 2.24) is 24.9 Å². The second-order valence-corrected chi connectivity index (χ2v) is 16.7. The van der Waals surface area contributed by atoms with Crippen LogP contribution in [0.25, 0.3) is 0 Å². The number of nitrogens with one attached hydrogen (secondary N) is 1. The average Bonchev–Trinajstić information content (AvgIpc) is 3.04. The average molecular weight is 778 g/mol. The van der Waals surface area contributed by atoms with Crippen molar-refractivity contribution in [3.63, 3.8) is 0 Å². The van der Waals surface area contributed by atoms with Crippen molar-refractivity contribution in [3.8, 4) is 0 Å². The van der Waals surface area contributed by atoms with Gasteiger partial charge in [-0.15, -0.1) is 0 Å². The van der Waals surface area contributed by atoms with E-state index in [0.29, 0.717) is 71.9 Å². The fourth-order valence-electron chi connectivity index (χ4n) is 4.34. The summed E-state index contributed by atoms with van der Waals surface area (Å²) in [5, 5.41) is 9.79. The molecule has 15 heteroatoms. The van der Waals surface area contributed by atoms with Gasteiger partial charge < -0.3 is 43.8 Å². The predicted molar refractivity (Wildman–Crippen MR) is 214 cm³/mol. The summed E-state index contributed by atoms with van der Waals surface area (Å²) in [4.78, 5) is 67.6. The van der Waals surface area contributed by atoms with E-state index in [-0.39, 0.29) is 36.7 Å². The van der Waals surface area contributed by atoms with Crippen molar-refractivity contribution < 1.29 is 48.0 Å². The van der Waals surface area contributed by atoms with E-state index in [2.05, 4.69) is 10.2 Å². The van der Waals surface area contributed by atoms with Crippen molar-refractivity contribution in [1.29, 1.82) is 0 Å². The summed E-state index contributed by atoms with van der Waals surface area (Å²) in [6.07, 6.45) is 2.63. The molecule has 1 saturated heterocycles. The van der Waals surface area contributed by atoms with Gasteiger partial charge >= 0.3 is 12.1 Å². The minimum atomic E-state index is -0.669. The lowest BCUT2D eigenvalue weighted by atomic mass is 10.1. The van der Waals surface area contributed by atoms with Gasteiger partial charge in [0.25, 0.3) is 0 Å². The van der Waals surface area contributed by atoms with Gasteiger partial charge in [-0.1, -0.05) is 0 Å². The zero-order valence-corrected chi connectivity index (χ0v) is 36.6. The summed E-state index contributed by atoms with van der Waals surface area (Å²) in [5.41, 5.74) is -1.16. The lowest BCUT2D eigenvalue weighted by Crippen LogP contribution is -2.52. The first-order chi connectivity index (χ1) is 24.9. The fourth-order valence-corrected chi connectivity index (χ4v) is 4.34. The molecule has 0 bridgehead atoms. The van der Waals surface area contributed by atoms with Gasteiger partial charge in [0.05, 0.1) is 24.3 Å². The molecule has 0 aromatic carbocycles. The number of rotatable bonds is 12. The monoisotopic (exact) mass is 778 g/mol. The number of hydrogen-bond donors (Lipinski definition) is 2. The molecule has 1 amide bonds. The van der Waals surface area contributed by atoms with Crippen molar-refractivity contribution >= 4 is 30.9 Å². The van der Waals surface area contributed by atoms with Crippen LogP contribution in [0.1, 0.15) is 95.9 Å². The SMILES string of the molecule is CC(C)(C)OC(=O)NCCN1CCN(CC=O)CCN(C(CCC=O)C(=O)OC(C)(C)C)CCN(CC=O)CC1.CO.COC(C)(C)C.COC(C)(C)C. The molecule has 1 heterocycles. The normalized spacial score (nSPS) is 16.5. The van der Waals surface area contributed by atoms with Crippen LogP contribution in [0.4, 0.5) is 4.79 Å². The predicted octanol–water partition coefficient (Wildman–Crippen LogP) is 3.29. The maximum absolute atomic E-state index is 13.2. The molecule has 0 radical (unpaired) electrons. The molecule has 0 saturated carbocycles. The van der Waals surface area contributed by atoms with Crippen LogP contribution >= 0.6 is 0 Å². The van der Waals surface area contributed by atoms with E-state index in [4.69, 9.17) is 24.1 Å². The Labute approximate surface area is 327 Å². The Hall–Kier alpha value is -2.53. The highest BCUT2D eigenvalue weighted by molar-refractivity contribution is 5.76. The number of aldehydes is 3. The summed E-state index contributed by atoms with van der Waals surface area (Å²) in [7, 11) is 4.42. The number of amides is 1. The van der Waals surface area contributed by atoms with E-state index in [1.54, 1.807) is 14.2 Å². The third-order valence-corrected chi connectivity index (χ3v) is 7.54. The van der Waals surface area contributed by atoms with Crippen LogP contribution in [-0.2, 0) is 38.1 Å². The summed E-state index contributed by atoms with van der Waals surface area (Å²) in [6, 6.07) is -0.612. The number of aliphatic hydroxyl groups is 1. The molecule has 1 rings (SSSR count). The highest BCUT2D eigenvalue weighted by atomic mass is 16.6. The van der Waals surface area contributed by atoms with Crippen LogP contribution < -0.4 is 5.32 Å². The Balaban J connectivity index is -0.00000157. The highest BCUT2D eigenvalue weighted by Gasteiger charge is 2.31. The van der Waals surface area contributed by atoms with Crippen LogP contribution in [0.15, 0.2) is 0 Å². The number of carbonyl (C=O) groups excluding carboxylic acids is 5. The Kier molecular flexibility index (Phi) is 30.7. The third-order valence-electron chi connectivity index (χ3n) is 7.54. The first-order valence-corrected chi connectivity index (χ1v) is 18.9. The van der Waals surface area contributed by atoms with Crippen LogP contribution in [0.5, 0.6) is 0 Å². The minimum Gasteiger partial charge on any atom is -0.459 e. The zero-order valence-electron chi connectivity index (χ0n) is 36.6. The van der Waals surface area contributed by atoms with E-state index >= 15 is 0 Å². The van der Waals surface area contributed by atoms with E-state index in [1.807, 2.05) is 97.8 Å². The molecule has 1 fully saturated rings. The van der Waals surface area contributed by atoms with E-state index < -0.39 is 23.3 Å². The van der Waals surface area contributed by atoms with Crippen molar-refractivity contribution in [2.45, 2.75) is 124 Å². The Morgan fingerprint density at radius 1 is 0.611 bits per heavy atom. The number of alkyl carbamates (subject to hydrolysis) is 1. The molecule has 15 nitrogen and oxygen atoms in total. The lowest BCUT2D eigenvalue weighted by Gasteiger charge is -2.36. The molecular weight excluding hydrogens is 698 g/mol. The summed E-state index contributed by atoms with van der Waals surface area (Å²) >= 11 is 0. The van der Waals surface area contributed by atoms with Gasteiger partial charge in [-0.2, -0.15) is 0 Å². The molecule has 2 N–H and O–H groups in total. The van der Waals surface area contributed by atoms with Gasteiger partial charge in [0.1, 0.15) is 36.1 Å². The van der Waals surface area contributed by atoms with E-state index in [0.717, 1.165) is 26.0 Å². The molecule has 0 spiro atoms. The second-order valence-electron chi connectivity index (χ2n) is 16.7. The Morgan fingerprint density at radius 3 is 1.31 bits per heavy atom. The van der Waals surface area contributed by atoms with E-state index in [1.165, 1.54) is 0 Å². The largest absolute Gasteiger partial charge is 0.459 e. The van der Waals surface area contributed by atoms with Gasteiger partial charge in [-0.05, 0) is 89.5 Å². The van der Waals surface area contributed by atoms with Crippen LogP contribution in [0, 0.1) is 0 Å². The molecule has 54 heavy (non-hydrogen) atoms. The molecule has 0 aromatic rings. The van der Waals surface area contributed by atoms with Crippen molar-refractivity contribution in [2.24, 2.45) is 0 Å². The number of hydrogen-bond acceptors (Lipinski definition) is 14. The van der Waals surface area contributed by atoms with Crippen molar-refractivity contribution in [3.05, 3.63) is 0 Å². The van der Waals surface area contributed by atoms with Crippen LogP contribution in [-0.4, -0.2) is 184 Å². The topological polar surface area (TPSA) is 167 Å². The number of esters is 1. The number of carbonyl (C=O) groups is 5. The molecule has 1 atom stereocenters. The number of ether oxygens (including phenoxy) is 4. The summed E-state index contributed by atoms with van der Waals surface area (Å²) in [5.74, 6) is -0.381. The van der Waals surface area contributed by atoms with Gasteiger partial charge in [0.15, 0.2) is 0 Å². The second kappa shape index (κ2) is 29.7. The first kappa shape index (κ1) is 55.8. The lowest BCUT2D eigenvalue weighted by molar-refractivity contribution is -0.162. The third kappa shape index (κ3) is 35.2. The minimum absolute atomic E-state index is 0.0417. The maximum Gasteiger partial charge on any atom is 0.407 e. The van der Waals surface area contributed by atoms with Gasteiger partial charge in [0, 0.05) is 93.2 Å². The fraction of sp³-hybridized carbons (Fsp3) is 0.872. The number of nitrogens with zero attached hydrogens (tertiary/aromatic N) is 4. The number of methoxy groups -OCH3 is 2. The zero-order chi connectivity index (χ0) is 42.6. The molecule has 1 aliphatic rings. The summed E-state index contributed by atoms with van der Waals surface area (Å²) in [6.45, 7) is 29.1. The molecule has 1 aliphatic heterocycles. The summed E-state index contributed by atoms with van der Waals surface area (Å²) < 4.78 is 20.9. The molecule has 1 unspecified atom stereocenters. The smallest absolute Gasteiger partial charge is 0.407 e. The van der Waals surface area contributed by atoms with E-state index in [9.17, 15) is 24.0 Å². The van der Waals surface area contributed by atoms with Crippen LogP contribution in [0.2, 0.25) is 0 Å². The van der Waals surface area contributed by atoms with Crippen LogP contribution in [0.3, 0.4) is 0 Å². The Morgan fingerprint density at radius 2 is 0.981 bits per heavy atom. The van der Waals surface area contributed by atoms with Gasteiger partial charge in [-0.25, -0.2) is 4.79 Å². The first-order valence-electron chi connectivity index (χ1n) is 18.9. The highest BCUT2D eigenvalue weighted by Crippen LogP contribution is 2.16. The van der Waals surface area contributed by atoms with Crippen molar-refractivity contribution in [2.75, 3.05) is 99.9 Å². The molecular formula is C39H79N5O10.